The van der Waals surface area contributed by atoms with Crippen molar-refractivity contribution < 1.29 is 9.26 Å². The van der Waals surface area contributed by atoms with E-state index in [1.807, 2.05) is 6.92 Å². The van der Waals surface area contributed by atoms with Gasteiger partial charge in [-0.2, -0.15) is 4.98 Å². The Hall–Kier alpha value is -2.88. The summed E-state index contributed by atoms with van der Waals surface area (Å²) in [5.74, 6) is 3.53. The van der Waals surface area contributed by atoms with E-state index >= 15 is 0 Å². The number of hydrogen-bond acceptors (Lipinski definition) is 9. The predicted molar refractivity (Wildman–Crippen MR) is 132 cm³/mol. The maximum absolute atomic E-state index is 5.54. The first-order valence-corrected chi connectivity index (χ1v) is 12.8. The third kappa shape index (κ3) is 4.31. The molecular formula is C25H28N6O2S. The smallest absolute Gasteiger partial charge is 0.231 e. The summed E-state index contributed by atoms with van der Waals surface area (Å²) in [5.41, 5.74) is 2.39. The average Bonchev–Trinajstić information content (AvgIpc) is 3.51. The molecule has 6 rings (SSSR count). The molecule has 0 bridgehead atoms. The van der Waals surface area contributed by atoms with Crippen molar-refractivity contribution in [1.82, 2.24) is 25.0 Å². The maximum Gasteiger partial charge on any atom is 0.231 e. The van der Waals surface area contributed by atoms with Crippen molar-refractivity contribution in [2.45, 2.75) is 32.2 Å². The summed E-state index contributed by atoms with van der Waals surface area (Å²) in [6, 6.07) is 10.5. The Balaban J connectivity index is 1.41. The molecule has 2 aliphatic rings. The second-order valence-corrected chi connectivity index (χ2v) is 9.87. The van der Waals surface area contributed by atoms with Crippen LogP contribution >= 0.6 is 11.3 Å². The lowest BCUT2D eigenvalue weighted by molar-refractivity contribution is 0.0331. The van der Waals surface area contributed by atoms with E-state index in [0.29, 0.717) is 5.82 Å². The van der Waals surface area contributed by atoms with Gasteiger partial charge in [-0.25, -0.2) is 9.97 Å². The second kappa shape index (κ2) is 9.40. The molecule has 4 aromatic rings. The zero-order valence-corrected chi connectivity index (χ0v) is 20.1. The van der Waals surface area contributed by atoms with Crippen molar-refractivity contribution in [3.8, 4) is 11.1 Å². The van der Waals surface area contributed by atoms with Gasteiger partial charge in [0.2, 0.25) is 5.89 Å². The number of aromatic nitrogens is 4. The normalized spacial score (nSPS) is 19.7. The van der Waals surface area contributed by atoms with E-state index < -0.39 is 0 Å². The SMILES string of the molecule is Cc1noc([C@H]2CCCN(c3nc(CN4CCOCC4)nc4scc(-c5ccccc5)c34)C2)n1. The first-order chi connectivity index (χ1) is 16.7. The summed E-state index contributed by atoms with van der Waals surface area (Å²) in [4.78, 5) is 20.5. The molecule has 0 amide bonds. The molecule has 0 unspecified atom stereocenters. The molecule has 0 aliphatic carbocycles. The molecule has 3 aromatic heterocycles. The van der Waals surface area contributed by atoms with Crippen molar-refractivity contribution in [3.63, 3.8) is 0 Å². The van der Waals surface area contributed by atoms with Crippen molar-refractivity contribution >= 4 is 27.4 Å². The topological polar surface area (TPSA) is 80.4 Å². The van der Waals surface area contributed by atoms with Gasteiger partial charge in [-0.05, 0) is 25.3 Å². The van der Waals surface area contributed by atoms with Crippen LogP contribution in [0, 0.1) is 6.92 Å². The number of aryl methyl sites for hydroxylation is 1. The highest BCUT2D eigenvalue weighted by Crippen LogP contribution is 2.40. The van der Waals surface area contributed by atoms with Crippen LogP contribution in [0.5, 0.6) is 0 Å². The molecule has 1 aromatic carbocycles. The molecule has 2 saturated heterocycles. The number of piperidine rings is 1. The Morgan fingerprint density at radius 2 is 1.91 bits per heavy atom. The lowest BCUT2D eigenvalue weighted by Crippen LogP contribution is -2.37. The fourth-order valence-corrected chi connectivity index (χ4v) is 5.87. The van der Waals surface area contributed by atoms with Gasteiger partial charge in [0.05, 0.1) is 31.1 Å². The molecule has 34 heavy (non-hydrogen) atoms. The van der Waals surface area contributed by atoms with Crippen LogP contribution in [0.4, 0.5) is 5.82 Å². The fourth-order valence-electron chi connectivity index (χ4n) is 4.91. The van der Waals surface area contributed by atoms with Gasteiger partial charge in [-0.15, -0.1) is 11.3 Å². The Kier molecular flexibility index (Phi) is 5.98. The van der Waals surface area contributed by atoms with Gasteiger partial charge in [0, 0.05) is 37.1 Å². The monoisotopic (exact) mass is 476 g/mol. The molecule has 0 radical (unpaired) electrons. The van der Waals surface area contributed by atoms with Crippen LogP contribution < -0.4 is 4.90 Å². The minimum atomic E-state index is 0.210. The van der Waals surface area contributed by atoms with Gasteiger partial charge in [-0.1, -0.05) is 35.5 Å². The summed E-state index contributed by atoms with van der Waals surface area (Å²) in [6.45, 7) is 7.75. The minimum Gasteiger partial charge on any atom is -0.379 e. The third-order valence-corrected chi connectivity index (χ3v) is 7.50. The van der Waals surface area contributed by atoms with E-state index in [4.69, 9.17) is 19.2 Å². The highest BCUT2D eigenvalue weighted by atomic mass is 32.1. The first kappa shape index (κ1) is 21.6. The molecule has 176 valence electrons. The second-order valence-electron chi connectivity index (χ2n) is 9.01. The summed E-state index contributed by atoms with van der Waals surface area (Å²) in [5, 5.41) is 7.38. The van der Waals surface area contributed by atoms with E-state index in [2.05, 4.69) is 55.7 Å². The van der Waals surface area contributed by atoms with Crippen LogP contribution in [-0.4, -0.2) is 64.4 Å². The van der Waals surface area contributed by atoms with E-state index in [9.17, 15) is 0 Å². The van der Waals surface area contributed by atoms with Crippen molar-refractivity contribution in [2.75, 3.05) is 44.3 Å². The molecule has 1 atom stereocenters. The van der Waals surface area contributed by atoms with Crippen molar-refractivity contribution in [3.05, 3.63) is 53.3 Å². The van der Waals surface area contributed by atoms with E-state index in [0.717, 1.165) is 86.5 Å². The lowest BCUT2D eigenvalue weighted by Gasteiger charge is -2.33. The average molecular weight is 477 g/mol. The van der Waals surface area contributed by atoms with Gasteiger partial charge in [0.1, 0.15) is 16.5 Å². The van der Waals surface area contributed by atoms with E-state index in [-0.39, 0.29) is 5.92 Å². The molecule has 2 aliphatic heterocycles. The van der Waals surface area contributed by atoms with Gasteiger partial charge < -0.3 is 14.2 Å². The highest BCUT2D eigenvalue weighted by Gasteiger charge is 2.29. The van der Waals surface area contributed by atoms with Crippen molar-refractivity contribution in [2.24, 2.45) is 0 Å². The van der Waals surface area contributed by atoms with Crippen molar-refractivity contribution in [1.29, 1.82) is 0 Å². The third-order valence-electron chi connectivity index (χ3n) is 6.63. The number of ether oxygens (including phenoxy) is 1. The largest absolute Gasteiger partial charge is 0.379 e. The molecular weight excluding hydrogens is 448 g/mol. The van der Waals surface area contributed by atoms with Crippen LogP contribution in [-0.2, 0) is 11.3 Å². The summed E-state index contributed by atoms with van der Waals surface area (Å²) in [7, 11) is 0. The summed E-state index contributed by atoms with van der Waals surface area (Å²) >= 11 is 1.70. The first-order valence-electron chi connectivity index (χ1n) is 11.9. The Labute approximate surface area is 202 Å². The number of thiophene rings is 1. The molecule has 0 N–H and O–H groups in total. The standard InChI is InChI=1S/C25H28N6O2S/c1-17-26-24(33-29-17)19-8-5-9-31(14-19)23-22-20(18-6-3-2-4-7-18)16-34-25(22)28-21(27-23)15-30-10-12-32-13-11-30/h2-4,6-7,16,19H,5,8-15H2,1H3/t19-/m0/s1. The number of hydrogen-bond donors (Lipinski definition) is 0. The minimum absolute atomic E-state index is 0.210. The van der Waals surface area contributed by atoms with Gasteiger partial charge in [0.25, 0.3) is 0 Å². The van der Waals surface area contributed by atoms with Crippen LogP contribution in [0.1, 0.15) is 36.3 Å². The Morgan fingerprint density at radius 3 is 2.71 bits per heavy atom. The molecule has 2 fully saturated rings. The molecule has 9 heteroatoms. The number of rotatable bonds is 5. The number of morpholine rings is 1. The van der Waals surface area contributed by atoms with Crippen LogP contribution in [0.15, 0.2) is 40.2 Å². The summed E-state index contributed by atoms with van der Waals surface area (Å²) < 4.78 is 11.1. The van der Waals surface area contributed by atoms with Gasteiger partial charge in [-0.3, -0.25) is 4.90 Å². The van der Waals surface area contributed by atoms with Crippen LogP contribution in [0.25, 0.3) is 21.3 Å². The van der Waals surface area contributed by atoms with Crippen LogP contribution in [0.3, 0.4) is 0 Å². The number of fused-ring (bicyclic) bond motifs is 1. The lowest BCUT2D eigenvalue weighted by atomic mass is 9.97. The maximum atomic E-state index is 5.54. The van der Waals surface area contributed by atoms with Crippen LogP contribution in [0.2, 0.25) is 0 Å². The predicted octanol–water partition coefficient (Wildman–Crippen LogP) is 4.27. The summed E-state index contributed by atoms with van der Waals surface area (Å²) in [6.07, 6.45) is 2.10. The quantitative estimate of drug-likeness (QED) is 0.423. The molecule has 0 spiro atoms. The molecule has 5 heterocycles. The number of anilines is 1. The molecule has 0 saturated carbocycles. The zero-order valence-electron chi connectivity index (χ0n) is 19.3. The van der Waals surface area contributed by atoms with E-state index in [1.165, 1.54) is 11.1 Å². The van der Waals surface area contributed by atoms with Gasteiger partial charge in [0.15, 0.2) is 5.82 Å². The Morgan fingerprint density at radius 1 is 1.06 bits per heavy atom. The Bertz CT molecular complexity index is 1270. The van der Waals surface area contributed by atoms with E-state index in [1.54, 1.807) is 11.3 Å². The number of benzene rings is 1. The fraction of sp³-hybridized carbons (Fsp3) is 0.440. The zero-order chi connectivity index (χ0) is 22.9. The molecule has 8 nitrogen and oxygen atoms in total. The highest BCUT2D eigenvalue weighted by molar-refractivity contribution is 7.17. The number of nitrogens with zero attached hydrogens (tertiary/aromatic N) is 6. The van der Waals surface area contributed by atoms with Gasteiger partial charge >= 0.3 is 0 Å².